The second-order valence-corrected chi connectivity index (χ2v) is 2.99. The van der Waals surface area contributed by atoms with Gasteiger partial charge in [0.05, 0.1) is 18.4 Å². The van der Waals surface area contributed by atoms with Crippen molar-refractivity contribution >= 4 is 5.84 Å². The molecule has 0 fully saturated rings. The number of nitrogens with one attached hydrogen (secondary N) is 1. The molecule has 0 amide bonds. The first kappa shape index (κ1) is 10.5. The summed E-state index contributed by atoms with van der Waals surface area (Å²) >= 11 is 0. The molecular weight excluding hydrogens is 178 g/mol. The van der Waals surface area contributed by atoms with E-state index < -0.39 is 0 Å². The van der Waals surface area contributed by atoms with Crippen LogP contribution in [-0.4, -0.2) is 17.4 Å². The maximum absolute atomic E-state index is 7.33. The van der Waals surface area contributed by atoms with Crippen LogP contribution in [0.5, 0.6) is 5.75 Å². The molecule has 1 aromatic rings. The van der Waals surface area contributed by atoms with Gasteiger partial charge in [0.2, 0.25) is 0 Å². The number of nitrogens with two attached hydrogens (primary N) is 1. The van der Waals surface area contributed by atoms with Crippen molar-refractivity contribution in [2.45, 2.75) is 19.8 Å². The van der Waals surface area contributed by atoms with Crippen molar-refractivity contribution in [3.63, 3.8) is 0 Å². The van der Waals surface area contributed by atoms with Gasteiger partial charge in [0, 0.05) is 6.20 Å². The number of ether oxygens (including phenoxy) is 1. The predicted octanol–water partition coefficient (Wildman–Crippen LogP) is 1.54. The van der Waals surface area contributed by atoms with E-state index in [-0.39, 0.29) is 5.84 Å². The predicted molar refractivity (Wildman–Crippen MR) is 55.7 cm³/mol. The standard InChI is InChI=1S/C10H15N3O/c1-2-3-6-14-9-7-13-5-4-8(9)10(11)12/h4-5,7H,2-3,6H2,1H3,(H3,11,12). The summed E-state index contributed by atoms with van der Waals surface area (Å²) in [5.41, 5.74) is 6.00. The number of hydrogen-bond donors (Lipinski definition) is 2. The average molecular weight is 193 g/mol. The summed E-state index contributed by atoms with van der Waals surface area (Å²) in [4.78, 5) is 3.93. The molecule has 4 nitrogen and oxygen atoms in total. The van der Waals surface area contributed by atoms with Crippen molar-refractivity contribution in [3.05, 3.63) is 24.0 Å². The largest absolute Gasteiger partial charge is 0.491 e. The molecular formula is C10H15N3O. The van der Waals surface area contributed by atoms with Crippen LogP contribution in [0.4, 0.5) is 0 Å². The van der Waals surface area contributed by atoms with Gasteiger partial charge < -0.3 is 10.5 Å². The number of nitrogens with zero attached hydrogens (tertiary/aromatic N) is 1. The third kappa shape index (κ3) is 2.73. The fourth-order valence-electron chi connectivity index (χ4n) is 1.04. The highest BCUT2D eigenvalue weighted by Gasteiger charge is 2.05. The third-order valence-corrected chi connectivity index (χ3v) is 1.83. The Morgan fingerprint density at radius 2 is 2.43 bits per heavy atom. The Hall–Kier alpha value is -1.58. The van der Waals surface area contributed by atoms with E-state index >= 15 is 0 Å². The SMILES string of the molecule is CCCCOc1cnccc1C(=N)N. The molecule has 0 unspecified atom stereocenters. The summed E-state index contributed by atoms with van der Waals surface area (Å²) in [6.07, 6.45) is 5.26. The van der Waals surface area contributed by atoms with Crippen LogP contribution in [0.1, 0.15) is 25.3 Å². The molecule has 0 saturated heterocycles. The minimum Gasteiger partial charge on any atom is -0.491 e. The van der Waals surface area contributed by atoms with Gasteiger partial charge in [-0.1, -0.05) is 13.3 Å². The lowest BCUT2D eigenvalue weighted by molar-refractivity contribution is 0.307. The molecule has 0 aliphatic rings. The topological polar surface area (TPSA) is 72.0 Å². The van der Waals surface area contributed by atoms with Crippen LogP contribution in [0.15, 0.2) is 18.5 Å². The van der Waals surface area contributed by atoms with Crippen LogP contribution in [-0.2, 0) is 0 Å². The molecule has 0 bridgehead atoms. The van der Waals surface area contributed by atoms with Gasteiger partial charge in [0.15, 0.2) is 0 Å². The minimum atomic E-state index is 0.0129. The Morgan fingerprint density at radius 1 is 1.64 bits per heavy atom. The van der Waals surface area contributed by atoms with Gasteiger partial charge in [0.25, 0.3) is 0 Å². The van der Waals surface area contributed by atoms with E-state index in [0.29, 0.717) is 17.9 Å². The number of nitrogen functional groups attached to an aromatic ring is 1. The van der Waals surface area contributed by atoms with E-state index in [0.717, 1.165) is 12.8 Å². The monoisotopic (exact) mass is 193 g/mol. The first-order chi connectivity index (χ1) is 6.75. The Bertz CT molecular complexity index is 312. The Morgan fingerprint density at radius 3 is 3.07 bits per heavy atom. The van der Waals surface area contributed by atoms with Gasteiger partial charge in [-0.05, 0) is 12.5 Å². The third-order valence-electron chi connectivity index (χ3n) is 1.83. The summed E-state index contributed by atoms with van der Waals surface area (Å²) in [7, 11) is 0. The van der Waals surface area contributed by atoms with E-state index in [1.807, 2.05) is 0 Å². The number of hydrogen-bond acceptors (Lipinski definition) is 3. The Kier molecular flexibility index (Phi) is 3.91. The lowest BCUT2D eigenvalue weighted by Gasteiger charge is -2.08. The summed E-state index contributed by atoms with van der Waals surface area (Å²) in [5, 5.41) is 7.33. The molecule has 14 heavy (non-hydrogen) atoms. The van der Waals surface area contributed by atoms with Gasteiger partial charge in [-0.15, -0.1) is 0 Å². The van der Waals surface area contributed by atoms with E-state index in [4.69, 9.17) is 15.9 Å². The van der Waals surface area contributed by atoms with Crippen molar-refractivity contribution < 1.29 is 4.74 Å². The molecule has 76 valence electrons. The maximum Gasteiger partial charge on any atom is 0.148 e. The molecule has 0 spiro atoms. The lowest BCUT2D eigenvalue weighted by Crippen LogP contribution is -2.13. The second kappa shape index (κ2) is 5.21. The van der Waals surface area contributed by atoms with E-state index in [1.165, 1.54) is 0 Å². The molecule has 0 saturated carbocycles. The molecule has 0 radical (unpaired) electrons. The zero-order chi connectivity index (χ0) is 10.4. The fourth-order valence-corrected chi connectivity index (χ4v) is 1.04. The molecule has 0 aliphatic heterocycles. The van der Waals surface area contributed by atoms with Crippen molar-refractivity contribution in [2.75, 3.05) is 6.61 Å². The van der Waals surface area contributed by atoms with Crippen LogP contribution in [0.2, 0.25) is 0 Å². The lowest BCUT2D eigenvalue weighted by atomic mass is 10.2. The van der Waals surface area contributed by atoms with Crippen molar-refractivity contribution in [2.24, 2.45) is 5.73 Å². The second-order valence-electron chi connectivity index (χ2n) is 2.99. The summed E-state index contributed by atoms with van der Waals surface area (Å²) in [6.45, 7) is 2.74. The van der Waals surface area contributed by atoms with Gasteiger partial charge in [0.1, 0.15) is 11.6 Å². The molecule has 1 aromatic heterocycles. The van der Waals surface area contributed by atoms with Gasteiger partial charge in [-0.2, -0.15) is 0 Å². The molecule has 1 rings (SSSR count). The normalized spacial score (nSPS) is 9.79. The van der Waals surface area contributed by atoms with Gasteiger partial charge in [-0.3, -0.25) is 10.4 Å². The van der Waals surface area contributed by atoms with Crippen molar-refractivity contribution in [1.29, 1.82) is 5.41 Å². The molecule has 4 heteroatoms. The fraction of sp³-hybridized carbons (Fsp3) is 0.400. The number of rotatable bonds is 5. The first-order valence-electron chi connectivity index (χ1n) is 4.67. The van der Waals surface area contributed by atoms with Gasteiger partial charge in [-0.25, -0.2) is 0 Å². The van der Waals surface area contributed by atoms with E-state index in [2.05, 4.69) is 11.9 Å². The highest BCUT2D eigenvalue weighted by atomic mass is 16.5. The van der Waals surface area contributed by atoms with Crippen LogP contribution in [0.25, 0.3) is 0 Å². The highest BCUT2D eigenvalue weighted by molar-refractivity contribution is 5.97. The Balaban J connectivity index is 2.69. The summed E-state index contributed by atoms with van der Waals surface area (Å²) in [5.74, 6) is 0.604. The minimum absolute atomic E-state index is 0.0129. The van der Waals surface area contributed by atoms with Crippen LogP contribution in [0, 0.1) is 5.41 Å². The van der Waals surface area contributed by atoms with Crippen LogP contribution >= 0.6 is 0 Å². The zero-order valence-electron chi connectivity index (χ0n) is 8.29. The first-order valence-corrected chi connectivity index (χ1v) is 4.67. The van der Waals surface area contributed by atoms with E-state index in [9.17, 15) is 0 Å². The van der Waals surface area contributed by atoms with Crippen molar-refractivity contribution in [1.82, 2.24) is 4.98 Å². The quantitative estimate of drug-likeness (QED) is 0.423. The summed E-state index contributed by atoms with van der Waals surface area (Å²) < 4.78 is 5.46. The maximum atomic E-state index is 7.33. The van der Waals surface area contributed by atoms with E-state index in [1.54, 1.807) is 18.5 Å². The summed E-state index contributed by atoms with van der Waals surface area (Å²) in [6, 6.07) is 1.68. The van der Waals surface area contributed by atoms with Crippen LogP contribution < -0.4 is 10.5 Å². The van der Waals surface area contributed by atoms with Crippen molar-refractivity contribution in [3.8, 4) is 5.75 Å². The highest BCUT2D eigenvalue weighted by Crippen LogP contribution is 2.15. The number of unbranched alkanes of at least 4 members (excludes halogenated alkanes) is 1. The van der Waals surface area contributed by atoms with Crippen LogP contribution in [0.3, 0.4) is 0 Å². The number of amidine groups is 1. The smallest absolute Gasteiger partial charge is 0.148 e. The molecule has 0 aliphatic carbocycles. The number of pyridine rings is 1. The van der Waals surface area contributed by atoms with Gasteiger partial charge >= 0.3 is 0 Å². The molecule has 0 aromatic carbocycles. The zero-order valence-corrected chi connectivity index (χ0v) is 8.29. The molecule has 1 heterocycles. The number of aromatic nitrogens is 1. The molecule has 3 N–H and O–H groups in total. The molecule has 0 atom stereocenters. The Labute approximate surface area is 83.6 Å². The average Bonchev–Trinajstić information content (AvgIpc) is 2.19.